The van der Waals surface area contributed by atoms with Gasteiger partial charge in [-0.05, 0) is 30.7 Å². The number of rotatable bonds is 2. The average molecular weight is 312 g/mol. The maximum atomic E-state index is 12.5. The zero-order chi connectivity index (χ0) is 15.1. The summed E-state index contributed by atoms with van der Waals surface area (Å²) >= 11 is 1.40. The monoisotopic (exact) mass is 312 g/mol. The molecule has 1 N–H and O–H groups in total. The summed E-state index contributed by atoms with van der Waals surface area (Å²) in [4.78, 5) is 18.3. The van der Waals surface area contributed by atoms with Crippen LogP contribution in [0.1, 0.15) is 15.2 Å². The third-order valence-electron chi connectivity index (χ3n) is 3.55. The van der Waals surface area contributed by atoms with Crippen LogP contribution in [-0.2, 0) is 0 Å². The van der Waals surface area contributed by atoms with Gasteiger partial charge in [-0.3, -0.25) is 4.79 Å². The van der Waals surface area contributed by atoms with Crippen molar-refractivity contribution in [2.75, 3.05) is 12.1 Å². The molecule has 1 aliphatic heterocycles. The Morgan fingerprint density at radius 3 is 3.00 bits per heavy atom. The minimum Gasteiger partial charge on any atom is -0.454 e. The number of hydrogen-bond acceptors (Lipinski definition) is 5. The number of nitrogens with zero attached hydrogens (tertiary/aromatic N) is 1. The molecule has 3 heterocycles. The summed E-state index contributed by atoms with van der Waals surface area (Å²) in [6.07, 6.45) is 1.73. The summed E-state index contributed by atoms with van der Waals surface area (Å²) in [5.41, 5.74) is 1.63. The number of carbonyl (C=O) groups is 1. The first-order valence-corrected chi connectivity index (χ1v) is 7.59. The van der Waals surface area contributed by atoms with Crippen LogP contribution in [0.2, 0.25) is 0 Å². The summed E-state index contributed by atoms with van der Waals surface area (Å²) in [5.74, 6) is 1.20. The van der Waals surface area contributed by atoms with Crippen molar-refractivity contribution in [3.05, 3.63) is 47.0 Å². The van der Waals surface area contributed by atoms with Gasteiger partial charge in [-0.1, -0.05) is 6.07 Å². The van der Waals surface area contributed by atoms with Crippen LogP contribution in [0.4, 0.5) is 5.69 Å². The predicted octanol–water partition coefficient (Wildman–Crippen LogP) is 3.59. The lowest BCUT2D eigenvalue weighted by Gasteiger charge is -2.05. The molecule has 0 aliphatic carbocycles. The molecule has 0 bridgehead atoms. The van der Waals surface area contributed by atoms with E-state index in [1.165, 1.54) is 11.3 Å². The second-order valence-electron chi connectivity index (χ2n) is 4.93. The van der Waals surface area contributed by atoms with Gasteiger partial charge >= 0.3 is 0 Å². The number of aromatic nitrogens is 1. The minimum absolute atomic E-state index is 0.139. The number of nitrogens with one attached hydrogen (secondary N) is 1. The minimum atomic E-state index is -0.139. The topological polar surface area (TPSA) is 60.5 Å². The number of anilines is 1. The summed E-state index contributed by atoms with van der Waals surface area (Å²) in [6, 6.07) is 9.21. The first kappa shape index (κ1) is 13.1. The van der Waals surface area contributed by atoms with Crippen LogP contribution < -0.4 is 14.8 Å². The number of amides is 1. The molecule has 3 aromatic rings. The number of fused-ring (bicyclic) bond motifs is 2. The second-order valence-corrected chi connectivity index (χ2v) is 5.93. The Bertz CT molecular complexity index is 888. The maximum Gasteiger partial charge on any atom is 0.266 e. The molecule has 5 nitrogen and oxygen atoms in total. The Morgan fingerprint density at radius 2 is 2.14 bits per heavy atom. The van der Waals surface area contributed by atoms with Crippen LogP contribution in [0.3, 0.4) is 0 Å². The van der Waals surface area contributed by atoms with Gasteiger partial charge < -0.3 is 14.8 Å². The molecule has 0 saturated heterocycles. The quantitative estimate of drug-likeness (QED) is 0.785. The van der Waals surface area contributed by atoms with Crippen molar-refractivity contribution >= 4 is 33.1 Å². The number of aryl methyl sites for hydroxylation is 1. The molecule has 22 heavy (non-hydrogen) atoms. The Labute approximate surface area is 130 Å². The predicted molar refractivity (Wildman–Crippen MR) is 84.9 cm³/mol. The second kappa shape index (κ2) is 4.99. The van der Waals surface area contributed by atoms with Crippen molar-refractivity contribution in [2.45, 2.75) is 6.92 Å². The van der Waals surface area contributed by atoms with Gasteiger partial charge in [-0.25, -0.2) is 4.98 Å². The third kappa shape index (κ3) is 2.08. The Hall–Kier alpha value is -2.60. The molecule has 1 amide bonds. The summed E-state index contributed by atoms with van der Waals surface area (Å²) in [6.45, 7) is 2.16. The smallest absolute Gasteiger partial charge is 0.266 e. The summed E-state index contributed by atoms with van der Waals surface area (Å²) in [5, 5.41) is 3.91. The molecule has 110 valence electrons. The van der Waals surface area contributed by atoms with Gasteiger partial charge in [0.2, 0.25) is 6.79 Å². The van der Waals surface area contributed by atoms with Gasteiger partial charge in [-0.15, -0.1) is 11.3 Å². The van der Waals surface area contributed by atoms with Crippen molar-refractivity contribution in [2.24, 2.45) is 0 Å². The zero-order valence-corrected chi connectivity index (χ0v) is 12.6. The zero-order valence-electron chi connectivity index (χ0n) is 11.8. The summed E-state index contributed by atoms with van der Waals surface area (Å²) < 4.78 is 10.6. The van der Waals surface area contributed by atoms with Crippen LogP contribution >= 0.6 is 11.3 Å². The molecule has 4 rings (SSSR count). The molecule has 0 unspecified atom stereocenters. The van der Waals surface area contributed by atoms with E-state index in [0.29, 0.717) is 22.1 Å². The highest BCUT2D eigenvalue weighted by molar-refractivity contribution is 7.20. The van der Waals surface area contributed by atoms with E-state index in [4.69, 9.17) is 9.47 Å². The summed E-state index contributed by atoms with van der Waals surface area (Å²) in [7, 11) is 0. The van der Waals surface area contributed by atoms with E-state index < -0.39 is 0 Å². The highest BCUT2D eigenvalue weighted by atomic mass is 32.1. The van der Waals surface area contributed by atoms with Crippen LogP contribution in [0.5, 0.6) is 11.5 Å². The third-order valence-corrected chi connectivity index (χ3v) is 4.77. The van der Waals surface area contributed by atoms with Gasteiger partial charge in [0.15, 0.2) is 11.5 Å². The van der Waals surface area contributed by atoms with Gasteiger partial charge in [-0.2, -0.15) is 0 Å². The van der Waals surface area contributed by atoms with Crippen molar-refractivity contribution in [3.8, 4) is 11.5 Å². The first-order valence-electron chi connectivity index (χ1n) is 6.77. The van der Waals surface area contributed by atoms with Crippen LogP contribution in [0.25, 0.3) is 10.2 Å². The molecule has 1 aliphatic rings. The molecular formula is C16H12N2O3S. The molecule has 0 spiro atoms. The maximum absolute atomic E-state index is 12.5. The number of benzene rings is 1. The van der Waals surface area contributed by atoms with Gasteiger partial charge in [0.1, 0.15) is 4.83 Å². The lowest BCUT2D eigenvalue weighted by molar-refractivity contribution is 0.103. The lowest BCUT2D eigenvalue weighted by Crippen LogP contribution is -2.11. The fourth-order valence-electron chi connectivity index (χ4n) is 2.43. The number of ether oxygens (including phenoxy) is 2. The van der Waals surface area contributed by atoms with E-state index in [9.17, 15) is 4.79 Å². The number of pyridine rings is 1. The number of thiophene rings is 1. The molecule has 0 fully saturated rings. The Balaban J connectivity index is 1.65. The molecular weight excluding hydrogens is 300 g/mol. The standard InChI is InChI=1S/C16H12N2O3S/c1-9-11-3-2-6-17-16(11)22-14(9)15(19)18-10-4-5-12-13(7-10)21-8-20-12/h2-7H,8H2,1H3,(H,18,19). The van der Waals surface area contributed by atoms with E-state index >= 15 is 0 Å². The largest absolute Gasteiger partial charge is 0.454 e. The molecule has 0 saturated carbocycles. The van der Waals surface area contributed by atoms with Gasteiger partial charge in [0.05, 0.1) is 4.88 Å². The van der Waals surface area contributed by atoms with E-state index in [2.05, 4.69) is 10.3 Å². The molecule has 1 aromatic carbocycles. The Kier molecular flexibility index (Phi) is 2.97. The van der Waals surface area contributed by atoms with Crippen LogP contribution in [-0.4, -0.2) is 17.7 Å². The molecule has 6 heteroatoms. The molecule has 0 atom stereocenters. The van der Waals surface area contributed by atoms with E-state index in [-0.39, 0.29) is 12.7 Å². The lowest BCUT2D eigenvalue weighted by atomic mass is 10.2. The average Bonchev–Trinajstić information content (AvgIpc) is 3.12. The van der Waals surface area contributed by atoms with Crippen molar-refractivity contribution in [1.29, 1.82) is 0 Å². The number of hydrogen-bond donors (Lipinski definition) is 1. The highest BCUT2D eigenvalue weighted by Gasteiger charge is 2.18. The van der Waals surface area contributed by atoms with E-state index in [1.54, 1.807) is 24.4 Å². The van der Waals surface area contributed by atoms with Gasteiger partial charge in [0, 0.05) is 23.3 Å². The number of carbonyl (C=O) groups excluding carboxylic acids is 1. The first-order chi connectivity index (χ1) is 10.7. The molecule has 0 radical (unpaired) electrons. The van der Waals surface area contributed by atoms with Gasteiger partial charge in [0.25, 0.3) is 5.91 Å². The van der Waals surface area contributed by atoms with Crippen molar-refractivity contribution in [3.63, 3.8) is 0 Å². The fraction of sp³-hybridized carbons (Fsp3) is 0.125. The van der Waals surface area contributed by atoms with Crippen molar-refractivity contribution < 1.29 is 14.3 Å². The van der Waals surface area contributed by atoms with Crippen LogP contribution in [0, 0.1) is 6.92 Å². The Morgan fingerprint density at radius 1 is 1.27 bits per heavy atom. The van der Waals surface area contributed by atoms with E-state index in [1.807, 2.05) is 19.1 Å². The SMILES string of the molecule is Cc1c(C(=O)Nc2ccc3c(c2)OCO3)sc2ncccc12. The highest BCUT2D eigenvalue weighted by Crippen LogP contribution is 2.35. The van der Waals surface area contributed by atoms with E-state index in [0.717, 1.165) is 15.8 Å². The van der Waals surface area contributed by atoms with Crippen molar-refractivity contribution in [1.82, 2.24) is 4.98 Å². The van der Waals surface area contributed by atoms with Crippen LogP contribution in [0.15, 0.2) is 36.5 Å². The normalized spacial score (nSPS) is 12.6. The fourth-order valence-corrected chi connectivity index (χ4v) is 3.48. The molecule has 2 aromatic heterocycles.